The number of likely N-dealkylation sites (N-methyl/N-ethyl adjacent to an activating group) is 1. The fraction of sp³-hybridized carbons (Fsp3) is 0.833. The molecular weight excluding hydrogens is 218 g/mol. The molecule has 17 heavy (non-hydrogen) atoms. The number of carbonyl (C=O) groups excluding carboxylic acids is 2. The largest absolute Gasteiger partial charge is 0.355 e. The fourth-order valence-electron chi connectivity index (χ4n) is 1.52. The molecule has 0 saturated heterocycles. The van der Waals surface area contributed by atoms with Crippen molar-refractivity contribution in [2.75, 3.05) is 20.1 Å². The topological polar surface area (TPSA) is 61.4 Å². The van der Waals surface area contributed by atoms with Crippen LogP contribution in [-0.2, 0) is 9.59 Å². The maximum atomic E-state index is 11.7. The molecule has 1 fully saturated rings. The van der Waals surface area contributed by atoms with E-state index in [1.165, 1.54) is 0 Å². The first-order valence-corrected chi connectivity index (χ1v) is 6.33. The second-order valence-corrected chi connectivity index (χ2v) is 4.63. The van der Waals surface area contributed by atoms with Gasteiger partial charge in [0.15, 0.2) is 0 Å². The van der Waals surface area contributed by atoms with Gasteiger partial charge in [0.2, 0.25) is 11.8 Å². The van der Waals surface area contributed by atoms with Crippen LogP contribution in [0.4, 0.5) is 0 Å². The number of nitrogens with zero attached hydrogens (tertiary/aromatic N) is 1. The Hall–Kier alpha value is -1.10. The fourth-order valence-corrected chi connectivity index (χ4v) is 1.52. The number of rotatable bonds is 7. The maximum Gasteiger partial charge on any atom is 0.236 e. The molecule has 0 aromatic heterocycles. The lowest BCUT2D eigenvalue weighted by Crippen LogP contribution is -2.46. The lowest BCUT2D eigenvalue weighted by Gasteiger charge is -2.18. The molecule has 0 bridgehead atoms. The van der Waals surface area contributed by atoms with Gasteiger partial charge in [-0.15, -0.1) is 0 Å². The molecule has 5 heteroatoms. The first kappa shape index (κ1) is 14.0. The minimum Gasteiger partial charge on any atom is -0.355 e. The van der Waals surface area contributed by atoms with Gasteiger partial charge in [0.05, 0.1) is 12.6 Å². The first-order chi connectivity index (χ1) is 8.06. The number of nitrogens with one attached hydrogen (secondary N) is 2. The molecule has 1 aliphatic rings. The Labute approximate surface area is 103 Å². The predicted molar refractivity (Wildman–Crippen MR) is 66.6 cm³/mol. The molecule has 1 atom stereocenters. The van der Waals surface area contributed by atoms with Gasteiger partial charge in [-0.25, -0.2) is 0 Å². The number of hydrogen-bond donors (Lipinski definition) is 2. The van der Waals surface area contributed by atoms with Crippen LogP contribution >= 0.6 is 0 Å². The van der Waals surface area contributed by atoms with Crippen LogP contribution in [0.15, 0.2) is 0 Å². The third kappa shape index (κ3) is 4.73. The minimum absolute atomic E-state index is 0.0475. The van der Waals surface area contributed by atoms with Crippen LogP contribution in [0.25, 0.3) is 0 Å². The molecule has 0 aliphatic heterocycles. The van der Waals surface area contributed by atoms with Crippen molar-refractivity contribution in [1.82, 2.24) is 15.5 Å². The van der Waals surface area contributed by atoms with E-state index in [1.807, 2.05) is 14.0 Å². The molecule has 0 heterocycles. The number of carbonyl (C=O) groups is 2. The Balaban J connectivity index is 2.19. The summed E-state index contributed by atoms with van der Waals surface area (Å²) in [6, 6.07) is 0.103. The Bertz CT molecular complexity index is 277. The van der Waals surface area contributed by atoms with Gasteiger partial charge in [-0.05, 0) is 26.2 Å². The maximum absolute atomic E-state index is 11.7. The summed E-state index contributed by atoms with van der Waals surface area (Å²) in [4.78, 5) is 25.0. The molecule has 1 unspecified atom stereocenters. The zero-order chi connectivity index (χ0) is 12.8. The molecule has 2 N–H and O–H groups in total. The van der Waals surface area contributed by atoms with Crippen molar-refractivity contribution >= 4 is 11.8 Å². The zero-order valence-electron chi connectivity index (χ0n) is 11.0. The third-order valence-corrected chi connectivity index (χ3v) is 2.99. The van der Waals surface area contributed by atoms with Gasteiger partial charge in [0.1, 0.15) is 0 Å². The highest BCUT2D eigenvalue weighted by atomic mass is 16.2. The average Bonchev–Trinajstić information content (AvgIpc) is 3.15. The highest BCUT2D eigenvalue weighted by molar-refractivity contribution is 5.83. The second kappa shape index (κ2) is 6.59. The van der Waals surface area contributed by atoms with Gasteiger partial charge in [-0.3, -0.25) is 14.9 Å². The number of hydrogen-bond acceptors (Lipinski definition) is 3. The van der Waals surface area contributed by atoms with Crippen molar-refractivity contribution in [3.8, 4) is 0 Å². The summed E-state index contributed by atoms with van der Waals surface area (Å²) in [5.41, 5.74) is 0. The van der Waals surface area contributed by atoms with E-state index < -0.39 is 0 Å². The van der Waals surface area contributed by atoms with E-state index in [2.05, 4.69) is 10.6 Å². The summed E-state index contributed by atoms with van der Waals surface area (Å²) in [7, 11) is 1.82. The van der Waals surface area contributed by atoms with Gasteiger partial charge in [0.25, 0.3) is 0 Å². The van der Waals surface area contributed by atoms with Crippen LogP contribution in [0.2, 0.25) is 0 Å². The standard InChI is InChI=1S/C12H23N3O2/c1-4-7-13-12(17)9(2)14-8-11(16)15(3)10-5-6-10/h9-10,14H,4-8H2,1-3H3,(H,13,17). The normalized spacial score (nSPS) is 16.4. The summed E-state index contributed by atoms with van der Waals surface area (Å²) >= 11 is 0. The number of amides is 2. The van der Waals surface area contributed by atoms with Crippen molar-refractivity contribution in [1.29, 1.82) is 0 Å². The van der Waals surface area contributed by atoms with Crippen LogP contribution in [0.3, 0.4) is 0 Å². The Morgan fingerprint density at radius 1 is 1.41 bits per heavy atom. The second-order valence-electron chi connectivity index (χ2n) is 4.63. The first-order valence-electron chi connectivity index (χ1n) is 6.33. The summed E-state index contributed by atoms with van der Waals surface area (Å²) in [6.45, 7) is 4.69. The van der Waals surface area contributed by atoms with Gasteiger partial charge in [0, 0.05) is 19.6 Å². The van der Waals surface area contributed by atoms with E-state index in [-0.39, 0.29) is 24.4 Å². The van der Waals surface area contributed by atoms with Crippen LogP contribution in [0.5, 0.6) is 0 Å². The zero-order valence-corrected chi connectivity index (χ0v) is 11.0. The van der Waals surface area contributed by atoms with Crippen LogP contribution in [-0.4, -0.2) is 48.9 Å². The Morgan fingerprint density at radius 3 is 2.59 bits per heavy atom. The molecule has 1 rings (SSSR count). The molecule has 1 saturated carbocycles. The van der Waals surface area contributed by atoms with Crippen LogP contribution in [0.1, 0.15) is 33.1 Å². The SMILES string of the molecule is CCCNC(=O)C(C)NCC(=O)N(C)C1CC1. The quantitative estimate of drug-likeness (QED) is 0.665. The van der Waals surface area contributed by atoms with Crippen molar-refractivity contribution in [3.05, 3.63) is 0 Å². The Kier molecular flexibility index (Phi) is 5.41. The van der Waals surface area contributed by atoms with E-state index in [9.17, 15) is 9.59 Å². The molecule has 0 aromatic carbocycles. The molecular formula is C12H23N3O2. The lowest BCUT2D eigenvalue weighted by molar-refractivity contribution is -0.129. The molecule has 1 aliphatic carbocycles. The molecule has 0 spiro atoms. The summed E-state index contributed by atoms with van der Waals surface area (Å²) in [5.74, 6) is 0.0105. The van der Waals surface area contributed by atoms with E-state index in [1.54, 1.807) is 11.8 Å². The van der Waals surface area contributed by atoms with E-state index in [0.29, 0.717) is 12.6 Å². The Morgan fingerprint density at radius 2 is 2.06 bits per heavy atom. The molecule has 2 amide bonds. The minimum atomic E-state index is -0.321. The van der Waals surface area contributed by atoms with Gasteiger partial charge in [-0.1, -0.05) is 6.92 Å². The monoisotopic (exact) mass is 241 g/mol. The summed E-state index contributed by atoms with van der Waals surface area (Å²) < 4.78 is 0. The van der Waals surface area contributed by atoms with Gasteiger partial charge in [-0.2, -0.15) is 0 Å². The summed E-state index contributed by atoms with van der Waals surface area (Å²) in [6.07, 6.45) is 3.13. The molecule has 98 valence electrons. The lowest BCUT2D eigenvalue weighted by atomic mass is 10.3. The molecule has 5 nitrogen and oxygen atoms in total. The van der Waals surface area contributed by atoms with Gasteiger partial charge >= 0.3 is 0 Å². The molecule has 0 radical (unpaired) electrons. The third-order valence-electron chi connectivity index (χ3n) is 2.99. The van der Waals surface area contributed by atoms with Crippen molar-refractivity contribution in [3.63, 3.8) is 0 Å². The summed E-state index contributed by atoms with van der Waals surface area (Å²) in [5, 5.41) is 5.75. The highest BCUT2D eigenvalue weighted by Gasteiger charge is 2.29. The average molecular weight is 241 g/mol. The smallest absolute Gasteiger partial charge is 0.236 e. The van der Waals surface area contributed by atoms with E-state index in [4.69, 9.17) is 0 Å². The van der Waals surface area contributed by atoms with Crippen molar-refractivity contribution < 1.29 is 9.59 Å². The molecule has 0 aromatic rings. The van der Waals surface area contributed by atoms with Crippen molar-refractivity contribution in [2.24, 2.45) is 0 Å². The predicted octanol–water partition coefficient (Wildman–Crippen LogP) is 0.112. The van der Waals surface area contributed by atoms with Gasteiger partial charge < -0.3 is 10.2 Å². The van der Waals surface area contributed by atoms with E-state index >= 15 is 0 Å². The highest BCUT2D eigenvalue weighted by Crippen LogP contribution is 2.24. The van der Waals surface area contributed by atoms with E-state index in [0.717, 1.165) is 19.3 Å². The van der Waals surface area contributed by atoms with Crippen LogP contribution < -0.4 is 10.6 Å². The van der Waals surface area contributed by atoms with Crippen molar-refractivity contribution in [2.45, 2.75) is 45.2 Å². The van der Waals surface area contributed by atoms with Crippen LogP contribution in [0, 0.1) is 0 Å².